The third-order valence-electron chi connectivity index (χ3n) is 3.14. The molecule has 0 radical (unpaired) electrons. The van der Waals surface area contributed by atoms with Crippen LogP contribution in [0.5, 0.6) is 0 Å². The highest BCUT2D eigenvalue weighted by atomic mass is 16.2. The number of carbonyl (C=O) groups is 1. The standard InChI is InChI=1S/C15H24N2O/c1-4-13(3)17(15(18)10-12(2)16)11-14-8-6-5-7-9-14/h5-9,12-13H,4,10-11,16H2,1-3H3. The first kappa shape index (κ1) is 14.7. The maximum absolute atomic E-state index is 12.2. The normalized spacial score (nSPS) is 14.0. The smallest absolute Gasteiger partial charge is 0.224 e. The lowest BCUT2D eigenvalue weighted by atomic mass is 10.1. The minimum atomic E-state index is -0.0835. The molecule has 1 aromatic carbocycles. The Labute approximate surface area is 110 Å². The van der Waals surface area contributed by atoms with Crippen LogP contribution in [-0.4, -0.2) is 22.9 Å². The van der Waals surface area contributed by atoms with Gasteiger partial charge in [0.1, 0.15) is 0 Å². The zero-order valence-electron chi connectivity index (χ0n) is 11.6. The van der Waals surface area contributed by atoms with E-state index in [9.17, 15) is 4.79 Å². The highest BCUT2D eigenvalue weighted by Gasteiger charge is 2.19. The first-order chi connectivity index (χ1) is 8.54. The molecule has 0 aliphatic carbocycles. The lowest BCUT2D eigenvalue weighted by molar-refractivity contribution is -0.134. The first-order valence-corrected chi connectivity index (χ1v) is 6.63. The van der Waals surface area contributed by atoms with Gasteiger partial charge in [-0.3, -0.25) is 4.79 Å². The van der Waals surface area contributed by atoms with Crippen LogP contribution in [-0.2, 0) is 11.3 Å². The summed E-state index contributed by atoms with van der Waals surface area (Å²) >= 11 is 0. The van der Waals surface area contributed by atoms with Crippen LogP contribution >= 0.6 is 0 Å². The molecule has 1 amide bonds. The predicted octanol–water partition coefficient (Wildman–Crippen LogP) is 2.55. The zero-order chi connectivity index (χ0) is 13.5. The molecule has 0 saturated carbocycles. The Balaban J connectivity index is 2.76. The monoisotopic (exact) mass is 248 g/mol. The second-order valence-corrected chi connectivity index (χ2v) is 4.95. The van der Waals surface area contributed by atoms with Gasteiger partial charge in [-0.15, -0.1) is 0 Å². The molecule has 0 fully saturated rings. The molecule has 0 heterocycles. The van der Waals surface area contributed by atoms with E-state index in [1.54, 1.807) is 0 Å². The van der Waals surface area contributed by atoms with Gasteiger partial charge < -0.3 is 10.6 Å². The summed E-state index contributed by atoms with van der Waals surface area (Å²) in [4.78, 5) is 14.1. The third kappa shape index (κ3) is 4.49. The summed E-state index contributed by atoms with van der Waals surface area (Å²) in [5.74, 6) is 0.142. The fourth-order valence-electron chi connectivity index (χ4n) is 1.88. The summed E-state index contributed by atoms with van der Waals surface area (Å²) in [6.07, 6.45) is 1.37. The van der Waals surface area contributed by atoms with Crippen molar-refractivity contribution in [2.45, 2.75) is 52.2 Å². The van der Waals surface area contributed by atoms with Gasteiger partial charge in [-0.1, -0.05) is 37.3 Å². The average molecular weight is 248 g/mol. The van der Waals surface area contributed by atoms with E-state index in [4.69, 9.17) is 5.73 Å². The number of nitrogens with two attached hydrogens (primary N) is 1. The van der Waals surface area contributed by atoms with Crippen molar-refractivity contribution in [2.24, 2.45) is 5.73 Å². The number of nitrogens with zero attached hydrogens (tertiary/aromatic N) is 1. The van der Waals surface area contributed by atoms with Crippen molar-refractivity contribution in [3.8, 4) is 0 Å². The van der Waals surface area contributed by atoms with Gasteiger partial charge in [0.05, 0.1) is 0 Å². The Kier molecular flexibility index (Phi) is 5.86. The Hall–Kier alpha value is -1.35. The largest absolute Gasteiger partial charge is 0.336 e. The van der Waals surface area contributed by atoms with Crippen molar-refractivity contribution in [2.75, 3.05) is 0 Å². The fourth-order valence-corrected chi connectivity index (χ4v) is 1.88. The molecule has 0 aromatic heterocycles. The summed E-state index contributed by atoms with van der Waals surface area (Å²) in [6.45, 7) is 6.72. The number of amides is 1. The molecule has 1 rings (SSSR count). The average Bonchev–Trinajstić information content (AvgIpc) is 2.35. The van der Waals surface area contributed by atoms with Crippen molar-refractivity contribution in [1.82, 2.24) is 4.90 Å². The maximum Gasteiger partial charge on any atom is 0.224 e. The molecule has 100 valence electrons. The Morgan fingerprint density at radius 2 is 1.89 bits per heavy atom. The van der Waals surface area contributed by atoms with Gasteiger partial charge in [-0.2, -0.15) is 0 Å². The highest BCUT2D eigenvalue weighted by Crippen LogP contribution is 2.12. The van der Waals surface area contributed by atoms with Gasteiger partial charge in [0.2, 0.25) is 5.91 Å². The molecule has 2 N–H and O–H groups in total. The predicted molar refractivity (Wildman–Crippen MR) is 75.0 cm³/mol. The molecule has 0 saturated heterocycles. The van der Waals surface area contributed by atoms with E-state index in [1.165, 1.54) is 0 Å². The van der Waals surface area contributed by atoms with E-state index in [-0.39, 0.29) is 18.0 Å². The van der Waals surface area contributed by atoms with Crippen LogP contribution < -0.4 is 5.73 Å². The van der Waals surface area contributed by atoms with E-state index < -0.39 is 0 Å². The SMILES string of the molecule is CCC(C)N(Cc1ccccc1)C(=O)CC(C)N. The molecule has 18 heavy (non-hydrogen) atoms. The molecule has 3 heteroatoms. The summed E-state index contributed by atoms with van der Waals surface area (Å²) in [7, 11) is 0. The molecular weight excluding hydrogens is 224 g/mol. The Morgan fingerprint density at radius 1 is 1.28 bits per heavy atom. The van der Waals surface area contributed by atoms with Crippen LogP contribution in [0.2, 0.25) is 0 Å². The van der Waals surface area contributed by atoms with Gasteiger partial charge >= 0.3 is 0 Å². The first-order valence-electron chi connectivity index (χ1n) is 6.63. The second kappa shape index (κ2) is 7.17. The van der Waals surface area contributed by atoms with Crippen molar-refractivity contribution in [3.63, 3.8) is 0 Å². The van der Waals surface area contributed by atoms with E-state index in [2.05, 4.69) is 26.0 Å². The van der Waals surface area contributed by atoms with Gasteiger partial charge in [0, 0.05) is 25.0 Å². The summed E-state index contributed by atoms with van der Waals surface area (Å²) < 4.78 is 0. The van der Waals surface area contributed by atoms with E-state index in [0.717, 1.165) is 12.0 Å². The maximum atomic E-state index is 12.2. The molecule has 1 aromatic rings. The summed E-state index contributed by atoms with van der Waals surface area (Å²) in [6, 6.07) is 10.3. The van der Waals surface area contributed by atoms with Crippen molar-refractivity contribution in [1.29, 1.82) is 0 Å². The van der Waals surface area contributed by atoms with E-state index in [0.29, 0.717) is 13.0 Å². The van der Waals surface area contributed by atoms with Crippen LogP contribution in [0, 0.1) is 0 Å². The van der Waals surface area contributed by atoms with Gasteiger partial charge in [0.15, 0.2) is 0 Å². The van der Waals surface area contributed by atoms with Crippen LogP contribution in [0.25, 0.3) is 0 Å². The number of hydrogen-bond donors (Lipinski definition) is 1. The Morgan fingerprint density at radius 3 is 2.39 bits per heavy atom. The van der Waals surface area contributed by atoms with E-state index in [1.807, 2.05) is 30.0 Å². The molecule has 2 unspecified atom stereocenters. The molecule has 0 bridgehead atoms. The van der Waals surface area contributed by atoms with Gasteiger partial charge in [-0.05, 0) is 25.8 Å². The van der Waals surface area contributed by atoms with Crippen molar-refractivity contribution >= 4 is 5.91 Å². The minimum absolute atomic E-state index is 0.0835. The number of carbonyl (C=O) groups excluding carboxylic acids is 1. The van der Waals surface area contributed by atoms with Crippen LogP contribution in [0.1, 0.15) is 39.2 Å². The molecular formula is C15H24N2O. The van der Waals surface area contributed by atoms with E-state index >= 15 is 0 Å². The number of hydrogen-bond acceptors (Lipinski definition) is 2. The van der Waals surface area contributed by atoms with Crippen molar-refractivity contribution in [3.05, 3.63) is 35.9 Å². The van der Waals surface area contributed by atoms with Crippen LogP contribution in [0.3, 0.4) is 0 Å². The van der Waals surface area contributed by atoms with Crippen LogP contribution in [0.4, 0.5) is 0 Å². The quantitative estimate of drug-likeness (QED) is 0.841. The van der Waals surface area contributed by atoms with Gasteiger partial charge in [0.25, 0.3) is 0 Å². The second-order valence-electron chi connectivity index (χ2n) is 4.95. The molecule has 0 spiro atoms. The zero-order valence-corrected chi connectivity index (χ0v) is 11.6. The molecule has 3 nitrogen and oxygen atoms in total. The molecule has 2 atom stereocenters. The Bertz CT molecular complexity index is 362. The summed E-state index contributed by atoms with van der Waals surface area (Å²) in [5, 5.41) is 0. The lowest BCUT2D eigenvalue weighted by Crippen LogP contribution is -2.40. The lowest BCUT2D eigenvalue weighted by Gasteiger charge is -2.29. The highest BCUT2D eigenvalue weighted by molar-refractivity contribution is 5.77. The summed E-state index contributed by atoms with van der Waals surface area (Å²) in [5.41, 5.74) is 6.88. The topological polar surface area (TPSA) is 46.3 Å². The minimum Gasteiger partial charge on any atom is -0.336 e. The number of rotatable bonds is 6. The van der Waals surface area contributed by atoms with Crippen LogP contribution in [0.15, 0.2) is 30.3 Å². The molecule has 0 aliphatic heterocycles. The fraction of sp³-hybridized carbons (Fsp3) is 0.533. The molecule has 0 aliphatic rings. The third-order valence-corrected chi connectivity index (χ3v) is 3.14. The number of benzene rings is 1. The van der Waals surface area contributed by atoms with Gasteiger partial charge in [-0.25, -0.2) is 0 Å². The van der Waals surface area contributed by atoms with Crippen molar-refractivity contribution < 1.29 is 4.79 Å².